The van der Waals surface area contributed by atoms with Crippen molar-refractivity contribution in [3.05, 3.63) is 40.9 Å². The molecule has 0 aliphatic heterocycles. The molecule has 1 N–H and O–H groups in total. The molecule has 7 nitrogen and oxygen atoms in total. The lowest BCUT2D eigenvalue weighted by atomic mass is 10.0. The van der Waals surface area contributed by atoms with Gasteiger partial charge in [0, 0.05) is 17.5 Å². The Kier molecular flexibility index (Phi) is 5.57. The van der Waals surface area contributed by atoms with E-state index in [0.29, 0.717) is 11.4 Å². The minimum atomic E-state index is -0.687. The van der Waals surface area contributed by atoms with Crippen LogP contribution in [0.4, 0.5) is 0 Å². The first-order valence-corrected chi connectivity index (χ1v) is 10.5. The van der Waals surface area contributed by atoms with E-state index in [0.717, 1.165) is 55.6 Å². The largest absolute Gasteiger partial charge is 0.497 e. The first-order chi connectivity index (χ1) is 13.7. The zero-order valence-electron chi connectivity index (χ0n) is 15.8. The number of nitrogens with one attached hydrogen (secondary N) is 1. The van der Waals surface area contributed by atoms with Crippen LogP contribution in [0.15, 0.2) is 29.6 Å². The van der Waals surface area contributed by atoms with Crippen molar-refractivity contribution >= 4 is 23.3 Å². The molecule has 1 heterocycles. The molecule has 1 aromatic carbocycles. The normalized spacial score (nSPS) is 17.9. The number of carbonyl (C=O) groups is 2. The molecule has 1 aromatic heterocycles. The fraction of sp³-hybridized carbons (Fsp3) is 0.500. The first kappa shape index (κ1) is 18.9. The molecule has 0 radical (unpaired) electrons. The van der Waals surface area contributed by atoms with E-state index >= 15 is 0 Å². The molecule has 2 fully saturated rings. The highest BCUT2D eigenvalue weighted by molar-refractivity contribution is 7.03. The zero-order valence-corrected chi connectivity index (χ0v) is 16.7. The van der Waals surface area contributed by atoms with Crippen LogP contribution in [0.3, 0.4) is 0 Å². The molecule has 0 spiro atoms. The van der Waals surface area contributed by atoms with Crippen LogP contribution in [0.5, 0.6) is 5.75 Å². The fourth-order valence-corrected chi connectivity index (χ4v) is 4.24. The third-order valence-corrected chi connectivity index (χ3v) is 5.92. The van der Waals surface area contributed by atoms with Crippen molar-refractivity contribution in [2.45, 2.75) is 56.7 Å². The summed E-state index contributed by atoms with van der Waals surface area (Å²) in [5.74, 6) is 0.353. The van der Waals surface area contributed by atoms with Crippen LogP contribution in [0.2, 0.25) is 0 Å². The average molecular weight is 401 g/mol. The summed E-state index contributed by atoms with van der Waals surface area (Å²) >= 11 is 1.14. The van der Waals surface area contributed by atoms with Crippen LogP contribution in [-0.4, -0.2) is 45.5 Å². The van der Waals surface area contributed by atoms with Gasteiger partial charge in [-0.1, -0.05) is 29.5 Å². The molecule has 2 aliphatic rings. The zero-order chi connectivity index (χ0) is 19.5. The van der Waals surface area contributed by atoms with Crippen LogP contribution in [0, 0.1) is 0 Å². The molecule has 0 bridgehead atoms. The first-order valence-electron chi connectivity index (χ1n) is 9.71. The van der Waals surface area contributed by atoms with E-state index < -0.39 is 6.04 Å². The van der Waals surface area contributed by atoms with Crippen molar-refractivity contribution in [1.29, 1.82) is 0 Å². The highest BCUT2D eigenvalue weighted by Crippen LogP contribution is 2.36. The van der Waals surface area contributed by atoms with Gasteiger partial charge in [-0.2, -0.15) is 0 Å². The van der Waals surface area contributed by atoms with E-state index in [1.807, 2.05) is 24.3 Å². The Balaban J connectivity index is 1.67. The van der Waals surface area contributed by atoms with Gasteiger partial charge in [0.05, 0.1) is 7.11 Å². The molecular weight excluding hydrogens is 376 g/mol. The van der Waals surface area contributed by atoms with Crippen molar-refractivity contribution < 1.29 is 14.3 Å². The van der Waals surface area contributed by atoms with Gasteiger partial charge in [-0.25, -0.2) is 0 Å². The molecule has 2 saturated carbocycles. The van der Waals surface area contributed by atoms with E-state index in [4.69, 9.17) is 4.74 Å². The Hall–Kier alpha value is -2.48. The van der Waals surface area contributed by atoms with Crippen molar-refractivity contribution in [3.8, 4) is 5.75 Å². The second-order valence-electron chi connectivity index (χ2n) is 7.40. The van der Waals surface area contributed by atoms with Crippen molar-refractivity contribution in [3.63, 3.8) is 0 Å². The highest BCUT2D eigenvalue weighted by atomic mass is 32.1. The van der Waals surface area contributed by atoms with E-state index in [-0.39, 0.29) is 23.9 Å². The van der Waals surface area contributed by atoms with Gasteiger partial charge in [0.1, 0.15) is 11.8 Å². The predicted molar refractivity (Wildman–Crippen MR) is 105 cm³/mol. The lowest BCUT2D eigenvalue weighted by molar-refractivity contribution is -0.126. The molecule has 148 valence electrons. The van der Waals surface area contributed by atoms with Crippen LogP contribution < -0.4 is 10.1 Å². The second kappa shape index (κ2) is 8.26. The molecule has 0 unspecified atom stereocenters. The fourth-order valence-electron chi connectivity index (χ4n) is 3.81. The summed E-state index contributed by atoms with van der Waals surface area (Å²) in [5.41, 5.74) is 1.07. The Morgan fingerprint density at radius 2 is 1.89 bits per heavy atom. The van der Waals surface area contributed by atoms with Gasteiger partial charge in [-0.05, 0) is 54.9 Å². The minimum absolute atomic E-state index is 0.0515. The molecule has 0 saturated heterocycles. The smallest absolute Gasteiger partial charge is 0.276 e. The Bertz CT molecular complexity index is 814. The molecule has 2 aromatic rings. The van der Waals surface area contributed by atoms with E-state index in [9.17, 15) is 9.59 Å². The molecule has 4 rings (SSSR count). The van der Waals surface area contributed by atoms with E-state index in [1.165, 1.54) is 0 Å². The maximum Gasteiger partial charge on any atom is 0.276 e. The summed E-state index contributed by atoms with van der Waals surface area (Å²) in [6.07, 6.45) is 6.05. The summed E-state index contributed by atoms with van der Waals surface area (Å²) in [6.45, 7) is 0. The lowest BCUT2D eigenvalue weighted by Gasteiger charge is -2.32. The summed E-state index contributed by atoms with van der Waals surface area (Å²) < 4.78 is 9.06. The molecule has 2 aliphatic carbocycles. The number of methoxy groups -OCH3 is 1. The second-order valence-corrected chi connectivity index (χ2v) is 8.01. The number of amides is 2. The van der Waals surface area contributed by atoms with Gasteiger partial charge in [0.25, 0.3) is 5.91 Å². The lowest BCUT2D eigenvalue weighted by Crippen LogP contribution is -2.47. The van der Waals surface area contributed by atoms with Gasteiger partial charge in [-0.15, -0.1) is 5.10 Å². The molecule has 8 heteroatoms. The molecule has 1 atom stereocenters. The number of benzene rings is 1. The summed E-state index contributed by atoms with van der Waals surface area (Å²) in [5, 5.41) is 8.75. The number of rotatable bonds is 7. The number of aromatic nitrogens is 2. The van der Waals surface area contributed by atoms with Gasteiger partial charge in [0.2, 0.25) is 5.91 Å². The van der Waals surface area contributed by atoms with Crippen molar-refractivity contribution in [1.82, 2.24) is 19.8 Å². The molecule has 28 heavy (non-hydrogen) atoms. The minimum Gasteiger partial charge on any atom is -0.497 e. The number of ether oxygens (including phenoxy) is 1. The maximum atomic E-state index is 13.3. The monoisotopic (exact) mass is 400 g/mol. The summed E-state index contributed by atoms with van der Waals surface area (Å²) in [7, 11) is 1.61. The Morgan fingerprint density at radius 1 is 1.18 bits per heavy atom. The molecular formula is C20H24N4O3S. The van der Waals surface area contributed by atoms with Crippen LogP contribution >= 0.6 is 11.5 Å². The molecule has 2 amide bonds. The Morgan fingerprint density at radius 3 is 2.46 bits per heavy atom. The van der Waals surface area contributed by atoms with Crippen LogP contribution in [0.1, 0.15) is 60.6 Å². The SMILES string of the molecule is COc1ccc([C@@H](C(=O)NC2CCCC2)N(C(=O)c2csnn2)C2CC2)cc1. The predicted octanol–water partition coefficient (Wildman–Crippen LogP) is 2.95. The number of hydrogen-bond donors (Lipinski definition) is 1. The van der Waals surface area contributed by atoms with E-state index in [1.54, 1.807) is 17.4 Å². The number of nitrogens with zero attached hydrogens (tertiary/aromatic N) is 3. The standard InChI is InChI=1S/C20H24N4O3S/c1-27-16-10-6-13(7-11-16)18(19(25)21-14-4-2-3-5-14)24(15-8-9-15)20(26)17-12-28-23-22-17/h6-7,10-12,14-15,18H,2-5,8-9H2,1H3,(H,21,25)/t18-/m0/s1. The maximum absolute atomic E-state index is 13.3. The number of hydrogen-bond acceptors (Lipinski definition) is 6. The number of carbonyl (C=O) groups excluding carboxylic acids is 2. The quantitative estimate of drug-likeness (QED) is 0.772. The summed E-state index contributed by atoms with van der Waals surface area (Å²) in [4.78, 5) is 28.2. The van der Waals surface area contributed by atoms with Crippen LogP contribution in [0.25, 0.3) is 0 Å². The van der Waals surface area contributed by atoms with E-state index in [2.05, 4.69) is 14.9 Å². The van der Waals surface area contributed by atoms with Crippen LogP contribution in [-0.2, 0) is 4.79 Å². The van der Waals surface area contributed by atoms with Gasteiger partial charge < -0.3 is 15.0 Å². The topological polar surface area (TPSA) is 84.4 Å². The third-order valence-electron chi connectivity index (χ3n) is 5.41. The average Bonchev–Trinajstić information content (AvgIpc) is 3.17. The highest BCUT2D eigenvalue weighted by Gasteiger charge is 2.42. The summed E-state index contributed by atoms with van der Waals surface area (Å²) in [6, 6.07) is 6.92. The third kappa shape index (κ3) is 4.01. The van der Waals surface area contributed by atoms with Gasteiger partial charge in [0.15, 0.2) is 5.69 Å². The van der Waals surface area contributed by atoms with Crippen molar-refractivity contribution in [2.75, 3.05) is 7.11 Å². The Labute approximate surface area is 168 Å². The van der Waals surface area contributed by atoms with Gasteiger partial charge >= 0.3 is 0 Å². The van der Waals surface area contributed by atoms with Gasteiger partial charge in [-0.3, -0.25) is 9.59 Å². The van der Waals surface area contributed by atoms with Crippen molar-refractivity contribution in [2.24, 2.45) is 0 Å².